The molecule has 0 radical (unpaired) electrons. The molecular formula is C14H24N2S. The molecule has 1 saturated heterocycles. The summed E-state index contributed by atoms with van der Waals surface area (Å²) >= 11 is 3.53. The minimum atomic E-state index is 0.823. The van der Waals surface area contributed by atoms with Crippen LogP contribution in [0.2, 0.25) is 0 Å². The van der Waals surface area contributed by atoms with E-state index in [9.17, 15) is 0 Å². The van der Waals surface area contributed by atoms with Crippen LogP contribution in [0, 0.1) is 0 Å². The zero-order valence-electron chi connectivity index (χ0n) is 10.8. The number of H-pyrrole nitrogens is 1. The Balaban J connectivity index is 0.000000514. The molecule has 0 amide bonds. The van der Waals surface area contributed by atoms with Crippen molar-refractivity contribution in [2.75, 3.05) is 19.3 Å². The van der Waals surface area contributed by atoms with Crippen LogP contribution in [-0.4, -0.2) is 24.3 Å². The largest absolute Gasteiger partial charge is 0.364 e. The summed E-state index contributed by atoms with van der Waals surface area (Å²) in [6.07, 6.45) is 12.0. The third kappa shape index (κ3) is 2.89. The molecular weight excluding hydrogens is 228 g/mol. The van der Waals surface area contributed by atoms with Gasteiger partial charge in [-0.1, -0.05) is 0 Å². The Kier molecular flexibility index (Phi) is 4.99. The van der Waals surface area contributed by atoms with E-state index in [0.717, 1.165) is 5.92 Å². The van der Waals surface area contributed by atoms with Crippen LogP contribution >= 0.6 is 12.6 Å². The van der Waals surface area contributed by atoms with E-state index in [1.54, 1.807) is 17.4 Å². The van der Waals surface area contributed by atoms with Gasteiger partial charge in [-0.15, -0.1) is 0 Å². The first kappa shape index (κ1) is 13.0. The number of rotatable bonds is 1. The molecule has 0 bridgehead atoms. The average molecular weight is 252 g/mol. The lowest BCUT2D eigenvalue weighted by molar-refractivity contribution is 0.457. The predicted molar refractivity (Wildman–Crippen MR) is 77.2 cm³/mol. The molecule has 0 atom stereocenters. The summed E-state index contributed by atoms with van der Waals surface area (Å²) in [5.41, 5.74) is 4.86. The number of thiol groups is 1. The quantitative estimate of drug-likeness (QED) is 0.659. The number of hydrogen-bond acceptors (Lipinski definition) is 2. The van der Waals surface area contributed by atoms with Crippen LogP contribution in [0.5, 0.6) is 0 Å². The SMILES string of the molecule is CS.c1[nH]c2c(c1C1CCNCC1)CCCC2. The van der Waals surface area contributed by atoms with Gasteiger partial charge in [-0.2, -0.15) is 12.6 Å². The summed E-state index contributed by atoms with van der Waals surface area (Å²) in [7, 11) is 0. The van der Waals surface area contributed by atoms with Crippen molar-refractivity contribution in [3.05, 3.63) is 23.0 Å². The molecule has 2 N–H and O–H groups in total. The number of piperidine rings is 1. The Morgan fingerprint density at radius 2 is 1.82 bits per heavy atom. The fourth-order valence-electron chi connectivity index (χ4n) is 3.13. The highest BCUT2D eigenvalue weighted by Gasteiger charge is 2.22. The highest BCUT2D eigenvalue weighted by Crippen LogP contribution is 2.33. The van der Waals surface area contributed by atoms with Gasteiger partial charge in [-0.3, -0.25) is 0 Å². The summed E-state index contributed by atoms with van der Waals surface area (Å²) in [6.45, 7) is 2.40. The Hall–Kier alpha value is -0.410. The van der Waals surface area contributed by atoms with Gasteiger partial charge in [0, 0.05) is 11.9 Å². The van der Waals surface area contributed by atoms with Gasteiger partial charge in [0.25, 0.3) is 0 Å². The van der Waals surface area contributed by atoms with E-state index in [1.165, 1.54) is 57.3 Å². The van der Waals surface area contributed by atoms with Crippen molar-refractivity contribution in [2.45, 2.75) is 44.4 Å². The Morgan fingerprint density at radius 1 is 1.12 bits per heavy atom. The van der Waals surface area contributed by atoms with Gasteiger partial charge in [-0.25, -0.2) is 0 Å². The van der Waals surface area contributed by atoms with Crippen LogP contribution in [0.15, 0.2) is 6.20 Å². The minimum absolute atomic E-state index is 0.823. The van der Waals surface area contributed by atoms with Gasteiger partial charge in [0.1, 0.15) is 0 Å². The lowest BCUT2D eigenvalue weighted by atomic mass is 9.85. The van der Waals surface area contributed by atoms with Crippen LogP contribution in [0.3, 0.4) is 0 Å². The summed E-state index contributed by atoms with van der Waals surface area (Å²) < 4.78 is 0. The molecule has 2 aliphatic rings. The van der Waals surface area contributed by atoms with Gasteiger partial charge in [0.15, 0.2) is 0 Å². The molecule has 1 fully saturated rings. The molecule has 2 nitrogen and oxygen atoms in total. The van der Waals surface area contributed by atoms with Crippen molar-refractivity contribution in [1.29, 1.82) is 0 Å². The highest BCUT2D eigenvalue weighted by atomic mass is 32.1. The van der Waals surface area contributed by atoms with Crippen molar-refractivity contribution in [3.63, 3.8) is 0 Å². The maximum atomic E-state index is 3.53. The molecule has 2 heterocycles. The molecule has 0 spiro atoms. The number of aromatic amines is 1. The molecule has 1 aromatic heterocycles. The molecule has 1 aliphatic carbocycles. The van der Waals surface area contributed by atoms with Crippen LogP contribution < -0.4 is 5.32 Å². The standard InChI is InChI=1S/C13H20N2.CH4S/c1-2-4-13-11(3-1)12(9-15-13)10-5-7-14-8-6-10;1-2/h9-10,14-15H,1-8H2;2H,1H3. The molecule has 0 saturated carbocycles. The molecule has 3 heteroatoms. The predicted octanol–water partition coefficient (Wildman–Crippen LogP) is 2.91. The molecule has 3 rings (SSSR count). The fourth-order valence-corrected chi connectivity index (χ4v) is 3.13. The van der Waals surface area contributed by atoms with Crippen LogP contribution in [-0.2, 0) is 12.8 Å². The van der Waals surface area contributed by atoms with Crippen molar-refractivity contribution >= 4 is 12.6 Å². The molecule has 1 aliphatic heterocycles. The van der Waals surface area contributed by atoms with E-state index in [1.807, 2.05) is 0 Å². The zero-order chi connectivity index (χ0) is 12.1. The molecule has 96 valence electrons. The molecule has 0 aromatic carbocycles. The smallest absolute Gasteiger partial charge is 0.0182 e. The van der Waals surface area contributed by atoms with Crippen LogP contribution in [0.4, 0.5) is 0 Å². The van der Waals surface area contributed by atoms with Crippen molar-refractivity contribution < 1.29 is 0 Å². The second-order valence-electron chi connectivity index (χ2n) is 4.93. The summed E-state index contributed by atoms with van der Waals surface area (Å²) in [6, 6.07) is 0. The fraction of sp³-hybridized carbons (Fsp3) is 0.714. The van der Waals surface area contributed by atoms with Crippen molar-refractivity contribution in [2.24, 2.45) is 0 Å². The maximum absolute atomic E-state index is 3.53. The number of fused-ring (bicyclic) bond motifs is 1. The Labute approximate surface area is 110 Å². The minimum Gasteiger partial charge on any atom is -0.364 e. The Bertz CT molecular complexity index is 340. The summed E-state index contributed by atoms with van der Waals surface area (Å²) in [5.74, 6) is 0.823. The topological polar surface area (TPSA) is 27.8 Å². The summed E-state index contributed by atoms with van der Waals surface area (Å²) in [5, 5.41) is 3.45. The second kappa shape index (κ2) is 6.50. The van der Waals surface area contributed by atoms with E-state index in [-0.39, 0.29) is 0 Å². The van der Waals surface area contributed by atoms with E-state index in [4.69, 9.17) is 0 Å². The number of aromatic nitrogens is 1. The first-order valence-electron chi connectivity index (χ1n) is 6.79. The van der Waals surface area contributed by atoms with E-state index in [2.05, 4.69) is 29.1 Å². The Morgan fingerprint density at radius 3 is 2.59 bits per heavy atom. The second-order valence-corrected chi connectivity index (χ2v) is 4.93. The van der Waals surface area contributed by atoms with Crippen molar-refractivity contribution in [3.8, 4) is 0 Å². The van der Waals surface area contributed by atoms with Crippen molar-refractivity contribution in [1.82, 2.24) is 10.3 Å². The third-order valence-electron chi connectivity index (χ3n) is 4.00. The van der Waals surface area contributed by atoms with Gasteiger partial charge >= 0.3 is 0 Å². The van der Waals surface area contributed by atoms with E-state index >= 15 is 0 Å². The molecule has 0 unspecified atom stereocenters. The van der Waals surface area contributed by atoms with Gasteiger partial charge in [-0.05, 0) is 74.9 Å². The van der Waals surface area contributed by atoms with Gasteiger partial charge in [0.2, 0.25) is 0 Å². The average Bonchev–Trinajstić information content (AvgIpc) is 2.86. The van der Waals surface area contributed by atoms with Crippen LogP contribution in [0.1, 0.15) is 48.4 Å². The molecule has 17 heavy (non-hydrogen) atoms. The first-order valence-corrected chi connectivity index (χ1v) is 7.69. The van der Waals surface area contributed by atoms with E-state index in [0.29, 0.717) is 0 Å². The third-order valence-corrected chi connectivity index (χ3v) is 4.00. The number of nitrogens with one attached hydrogen (secondary N) is 2. The number of hydrogen-bond donors (Lipinski definition) is 3. The van der Waals surface area contributed by atoms with E-state index < -0.39 is 0 Å². The highest BCUT2D eigenvalue weighted by molar-refractivity contribution is 7.79. The van der Waals surface area contributed by atoms with Gasteiger partial charge in [0.05, 0.1) is 0 Å². The zero-order valence-corrected chi connectivity index (χ0v) is 11.7. The van der Waals surface area contributed by atoms with Gasteiger partial charge < -0.3 is 10.3 Å². The molecule has 1 aromatic rings. The normalized spacial score (nSPS) is 20.4. The first-order chi connectivity index (χ1) is 8.45. The maximum Gasteiger partial charge on any atom is 0.0182 e. The monoisotopic (exact) mass is 252 g/mol. The summed E-state index contributed by atoms with van der Waals surface area (Å²) in [4.78, 5) is 3.50. The van der Waals surface area contributed by atoms with Crippen LogP contribution in [0.25, 0.3) is 0 Å². The lowest BCUT2D eigenvalue weighted by Gasteiger charge is -2.24. The number of aryl methyl sites for hydroxylation is 1. The lowest BCUT2D eigenvalue weighted by Crippen LogP contribution is -2.27.